The van der Waals surface area contributed by atoms with Gasteiger partial charge in [-0.3, -0.25) is 9.59 Å². The maximum absolute atomic E-state index is 12.8. The predicted molar refractivity (Wildman–Crippen MR) is 114 cm³/mol. The molecule has 0 aliphatic carbocycles. The highest BCUT2D eigenvalue weighted by molar-refractivity contribution is 6.33. The fourth-order valence-electron chi connectivity index (χ4n) is 2.98. The van der Waals surface area contributed by atoms with E-state index in [9.17, 15) is 9.59 Å². The average molecular weight is 403 g/mol. The summed E-state index contributed by atoms with van der Waals surface area (Å²) in [6.45, 7) is 4.10. The van der Waals surface area contributed by atoms with Crippen molar-refractivity contribution >= 4 is 29.1 Å². The summed E-state index contributed by atoms with van der Waals surface area (Å²) in [6.07, 6.45) is 1.84. The Bertz CT molecular complexity index is 782. The second-order valence-corrected chi connectivity index (χ2v) is 7.44. The third-order valence-electron chi connectivity index (χ3n) is 4.82. The van der Waals surface area contributed by atoms with Gasteiger partial charge in [0.25, 0.3) is 11.8 Å². The summed E-state index contributed by atoms with van der Waals surface area (Å²) in [5.74, 6) is -0.247. The van der Waals surface area contributed by atoms with E-state index in [0.717, 1.165) is 23.3 Å². The fraction of sp³-hybridized carbons (Fsp3) is 0.364. The number of likely N-dealkylation sites (N-methyl/N-ethyl adjacent to an activating group) is 1. The van der Waals surface area contributed by atoms with Crippen molar-refractivity contribution in [2.45, 2.75) is 38.8 Å². The maximum Gasteiger partial charge on any atom is 0.279 e. The van der Waals surface area contributed by atoms with Crippen molar-refractivity contribution in [2.24, 2.45) is 0 Å². The van der Waals surface area contributed by atoms with Crippen LogP contribution in [0.2, 0.25) is 5.02 Å². The number of nitrogens with one attached hydrogen (secondary N) is 3. The molecular formula is C22H29ClN3O2+. The van der Waals surface area contributed by atoms with Crippen LogP contribution < -0.4 is 15.5 Å². The molecule has 3 atom stereocenters. The van der Waals surface area contributed by atoms with E-state index in [-0.39, 0.29) is 30.4 Å². The molecule has 0 bridgehead atoms. The Morgan fingerprint density at radius 3 is 2.36 bits per heavy atom. The molecule has 2 aromatic carbocycles. The largest absolute Gasteiger partial charge is 0.344 e. The molecule has 0 aromatic heterocycles. The summed E-state index contributed by atoms with van der Waals surface area (Å²) >= 11 is 6.08. The Kier molecular flexibility index (Phi) is 8.48. The number of hydrogen-bond donors (Lipinski definition) is 3. The monoisotopic (exact) mass is 402 g/mol. The molecule has 3 N–H and O–H groups in total. The van der Waals surface area contributed by atoms with Crippen molar-refractivity contribution in [3.8, 4) is 0 Å². The first-order chi connectivity index (χ1) is 13.4. The zero-order chi connectivity index (χ0) is 20.5. The summed E-state index contributed by atoms with van der Waals surface area (Å²) in [7, 11) is 1.84. The van der Waals surface area contributed by atoms with Crippen LogP contribution in [-0.4, -0.2) is 31.4 Å². The number of para-hydroxylation sites is 1. The third-order valence-corrected chi connectivity index (χ3v) is 5.15. The van der Waals surface area contributed by atoms with Crippen LogP contribution in [0.5, 0.6) is 0 Å². The predicted octanol–water partition coefficient (Wildman–Crippen LogP) is 2.84. The fourth-order valence-corrected chi connectivity index (χ4v) is 3.16. The molecule has 5 nitrogen and oxygen atoms in total. The molecule has 0 aliphatic heterocycles. The summed E-state index contributed by atoms with van der Waals surface area (Å²) in [5, 5.41) is 6.42. The van der Waals surface area contributed by atoms with Crippen molar-refractivity contribution < 1.29 is 14.5 Å². The van der Waals surface area contributed by atoms with Gasteiger partial charge >= 0.3 is 0 Å². The number of amides is 2. The first kappa shape index (κ1) is 21.9. The lowest BCUT2D eigenvalue weighted by molar-refractivity contribution is -0.885. The Balaban J connectivity index is 1.93. The molecule has 0 saturated carbocycles. The van der Waals surface area contributed by atoms with Crippen LogP contribution in [-0.2, 0) is 9.59 Å². The minimum atomic E-state index is -0.361. The van der Waals surface area contributed by atoms with E-state index < -0.39 is 0 Å². The van der Waals surface area contributed by atoms with Gasteiger partial charge in [0, 0.05) is 0 Å². The molecule has 2 amide bonds. The number of halogens is 1. The summed E-state index contributed by atoms with van der Waals surface area (Å²) < 4.78 is 0. The van der Waals surface area contributed by atoms with Gasteiger partial charge < -0.3 is 15.5 Å². The first-order valence-corrected chi connectivity index (χ1v) is 10.0. The molecule has 1 unspecified atom stereocenters. The number of hydrogen-bond acceptors (Lipinski definition) is 2. The standard InChI is InChI=1S/C22H28ClN3O2/c1-4-10-19(17-11-6-5-7-12-17)25-22(28)16(2)26(3)15-21(27)24-20-14-9-8-13-18(20)23/h5-9,11-14,16,19H,4,10,15H2,1-3H3,(H,24,27)(H,25,28)/p+1/t16-,19+/m1/s1. The Morgan fingerprint density at radius 2 is 1.71 bits per heavy atom. The minimum Gasteiger partial charge on any atom is -0.344 e. The van der Waals surface area contributed by atoms with E-state index in [1.54, 1.807) is 18.2 Å². The van der Waals surface area contributed by atoms with E-state index in [1.807, 2.05) is 50.4 Å². The zero-order valence-corrected chi connectivity index (χ0v) is 17.4. The number of quaternary nitrogens is 1. The number of carbonyl (C=O) groups is 2. The van der Waals surface area contributed by atoms with Crippen LogP contribution in [0.3, 0.4) is 0 Å². The molecule has 2 aromatic rings. The van der Waals surface area contributed by atoms with Crippen LogP contribution in [0.4, 0.5) is 5.69 Å². The van der Waals surface area contributed by atoms with Crippen LogP contribution >= 0.6 is 11.6 Å². The molecule has 2 rings (SSSR count). The van der Waals surface area contributed by atoms with Crippen molar-refractivity contribution in [1.29, 1.82) is 0 Å². The topological polar surface area (TPSA) is 62.6 Å². The van der Waals surface area contributed by atoms with Gasteiger partial charge in [-0.25, -0.2) is 0 Å². The Labute approximate surface area is 172 Å². The Hall–Kier alpha value is -2.37. The number of rotatable bonds is 9. The van der Waals surface area contributed by atoms with Gasteiger partial charge in [0.2, 0.25) is 0 Å². The summed E-state index contributed by atoms with van der Waals surface area (Å²) in [5.41, 5.74) is 1.67. The highest BCUT2D eigenvalue weighted by Gasteiger charge is 2.26. The number of anilines is 1. The molecule has 0 radical (unpaired) electrons. The third kappa shape index (κ3) is 6.36. The Morgan fingerprint density at radius 1 is 1.07 bits per heavy atom. The quantitative estimate of drug-likeness (QED) is 0.604. The van der Waals surface area contributed by atoms with Gasteiger partial charge in [0.15, 0.2) is 12.6 Å². The van der Waals surface area contributed by atoms with Gasteiger partial charge in [-0.2, -0.15) is 0 Å². The van der Waals surface area contributed by atoms with Crippen molar-refractivity contribution in [3.05, 3.63) is 65.2 Å². The van der Waals surface area contributed by atoms with Crippen molar-refractivity contribution in [2.75, 3.05) is 18.9 Å². The lowest BCUT2D eigenvalue weighted by Gasteiger charge is -2.24. The van der Waals surface area contributed by atoms with Crippen molar-refractivity contribution in [3.63, 3.8) is 0 Å². The van der Waals surface area contributed by atoms with E-state index >= 15 is 0 Å². The molecule has 0 fully saturated rings. The number of benzene rings is 2. The summed E-state index contributed by atoms with van der Waals surface area (Å²) in [6, 6.07) is 16.7. The lowest BCUT2D eigenvalue weighted by atomic mass is 10.0. The maximum atomic E-state index is 12.8. The van der Waals surface area contributed by atoms with E-state index in [2.05, 4.69) is 17.6 Å². The molecule has 150 valence electrons. The van der Waals surface area contributed by atoms with Gasteiger partial charge in [-0.15, -0.1) is 0 Å². The molecule has 0 spiro atoms. The molecule has 6 heteroatoms. The van der Waals surface area contributed by atoms with Gasteiger partial charge in [-0.1, -0.05) is 67.4 Å². The van der Waals surface area contributed by atoms with Gasteiger partial charge in [-0.05, 0) is 31.0 Å². The highest BCUT2D eigenvalue weighted by Crippen LogP contribution is 2.20. The van der Waals surface area contributed by atoms with Crippen LogP contribution in [0.15, 0.2) is 54.6 Å². The van der Waals surface area contributed by atoms with E-state index in [1.165, 1.54) is 0 Å². The SMILES string of the molecule is CCC[C@H](NC(=O)[C@@H](C)[NH+](C)CC(=O)Nc1ccccc1Cl)c1ccccc1. The van der Waals surface area contributed by atoms with Gasteiger partial charge in [0.1, 0.15) is 0 Å². The molecule has 0 saturated heterocycles. The van der Waals surface area contributed by atoms with E-state index in [4.69, 9.17) is 11.6 Å². The second kappa shape index (κ2) is 10.8. The summed E-state index contributed by atoms with van der Waals surface area (Å²) in [4.78, 5) is 25.9. The van der Waals surface area contributed by atoms with E-state index in [0.29, 0.717) is 10.7 Å². The smallest absolute Gasteiger partial charge is 0.279 e. The van der Waals surface area contributed by atoms with Crippen LogP contribution in [0.1, 0.15) is 38.3 Å². The van der Waals surface area contributed by atoms with Crippen molar-refractivity contribution in [1.82, 2.24) is 5.32 Å². The average Bonchev–Trinajstić information content (AvgIpc) is 2.69. The van der Waals surface area contributed by atoms with Gasteiger partial charge in [0.05, 0.1) is 23.8 Å². The molecular weight excluding hydrogens is 374 g/mol. The molecule has 28 heavy (non-hydrogen) atoms. The molecule has 0 heterocycles. The lowest BCUT2D eigenvalue weighted by Crippen LogP contribution is -3.15. The second-order valence-electron chi connectivity index (χ2n) is 7.03. The normalized spacial score (nSPS) is 14.0. The zero-order valence-electron chi connectivity index (χ0n) is 16.7. The first-order valence-electron chi connectivity index (χ1n) is 9.64. The van der Waals surface area contributed by atoms with Crippen LogP contribution in [0.25, 0.3) is 0 Å². The minimum absolute atomic E-state index is 0.0223. The highest BCUT2D eigenvalue weighted by atomic mass is 35.5. The number of carbonyl (C=O) groups excluding carboxylic acids is 2. The molecule has 0 aliphatic rings. The van der Waals surface area contributed by atoms with Crippen LogP contribution in [0, 0.1) is 0 Å².